The molecule has 2 atom stereocenters. The highest BCUT2D eigenvalue weighted by Crippen LogP contribution is 2.27. The molecule has 2 nitrogen and oxygen atoms in total. The van der Waals surface area contributed by atoms with Crippen molar-refractivity contribution < 1.29 is 4.74 Å². The predicted octanol–water partition coefficient (Wildman–Crippen LogP) is 2.30. The molecule has 1 heterocycles. The maximum Gasteiger partial charge on any atom is 0.0730 e. The van der Waals surface area contributed by atoms with Crippen molar-refractivity contribution in [3.05, 3.63) is 35.4 Å². The Morgan fingerprint density at radius 1 is 1.31 bits per heavy atom. The van der Waals surface area contributed by atoms with E-state index in [1.54, 1.807) is 0 Å². The molecule has 1 fully saturated rings. The molecular weight excluding hydrogens is 198 g/mol. The Bertz CT molecular complexity index is 346. The van der Waals surface area contributed by atoms with E-state index >= 15 is 0 Å². The van der Waals surface area contributed by atoms with Gasteiger partial charge in [-0.2, -0.15) is 0 Å². The highest BCUT2D eigenvalue weighted by molar-refractivity contribution is 5.24. The van der Waals surface area contributed by atoms with Gasteiger partial charge in [0, 0.05) is 12.1 Å². The second-order valence-corrected chi connectivity index (χ2v) is 4.84. The summed E-state index contributed by atoms with van der Waals surface area (Å²) in [5.41, 5.74) is 8.90. The molecule has 88 valence electrons. The molecule has 0 aromatic heterocycles. The van der Waals surface area contributed by atoms with E-state index in [0.29, 0.717) is 0 Å². The second kappa shape index (κ2) is 4.56. The van der Waals surface area contributed by atoms with Gasteiger partial charge in [-0.15, -0.1) is 0 Å². The third-order valence-electron chi connectivity index (χ3n) is 3.71. The molecular formula is C14H21NO. The largest absolute Gasteiger partial charge is 0.377 e. The lowest BCUT2D eigenvalue weighted by atomic mass is 9.86. The molecule has 1 aliphatic rings. The molecule has 0 saturated carbocycles. The molecule has 2 unspecified atom stereocenters. The van der Waals surface area contributed by atoms with E-state index < -0.39 is 0 Å². The highest BCUT2D eigenvalue weighted by atomic mass is 16.5. The van der Waals surface area contributed by atoms with Crippen LogP contribution in [0.3, 0.4) is 0 Å². The summed E-state index contributed by atoms with van der Waals surface area (Å²) in [5, 5.41) is 0. The number of benzene rings is 1. The summed E-state index contributed by atoms with van der Waals surface area (Å²) < 4.78 is 5.56. The molecule has 2 rings (SSSR count). The number of rotatable bonds is 3. The summed E-state index contributed by atoms with van der Waals surface area (Å²) in [6.07, 6.45) is 3.13. The summed E-state index contributed by atoms with van der Waals surface area (Å²) in [6.45, 7) is 5.05. The summed E-state index contributed by atoms with van der Waals surface area (Å²) in [5.74, 6) is 0. The zero-order valence-electron chi connectivity index (χ0n) is 10.2. The van der Waals surface area contributed by atoms with Gasteiger partial charge in [0.05, 0.1) is 6.10 Å². The SMILES string of the molecule is CCc1ccc(CC2(N)CCOC2C)cc1. The van der Waals surface area contributed by atoms with Crippen LogP contribution in [0.5, 0.6) is 0 Å². The predicted molar refractivity (Wildman–Crippen MR) is 66.5 cm³/mol. The van der Waals surface area contributed by atoms with Crippen molar-refractivity contribution in [1.29, 1.82) is 0 Å². The van der Waals surface area contributed by atoms with E-state index in [4.69, 9.17) is 10.5 Å². The molecule has 16 heavy (non-hydrogen) atoms. The van der Waals surface area contributed by atoms with Crippen molar-refractivity contribution in [2.45, 2.75) is 44.8 Å². The standard InChI is InChI=1S/C14H21NO/c1-3-12-4-6-13(7-5-12)10-14(15)8-9-16-11(14)2/h4-7,11H,3,8-10,15H2,1-2H3. The number of ether oxygens (including phenoxy) is 1. The molecule has 1 aromatic carbocycles. The van der Waals surface area contributed by atoms with Crippen molar-refractivity contribution in [2.24, 2.45) is 5.73 Å². The quantitative estimate of drug-likeness (QED) is 0.846. The van der Waals surface area contributed by atoms with E-state index in [-0.39, 0.29) is 11.6 Å². The summed E-state index contributed by atoms with van der Waals surface area (Å²) >= 11 is 0. The van der Waals surface area contributed by atoms with Crippen molar-refractivity contribution >= 4 is 0 Å². The first kappa shape index (κ1) is 11.6. The smallest absolute Gasteiger partial charge is 0.0730 e. The number of hydrogen-bond donors (Lipinski definition) is 1. The first-order valence-corrected chi connectivity index (χ1v) is 6.12. The fourth-order valence-corrected chi connectivity index (χ4v) is 2.30. The molecule has 0 aliphatic carbocycles. The van der Waals surface area contributed by atoms with Crippen LogP contribution in [0.1, 0.15) is 31.4 Å². The van der Waals surface area contributed by atoms with E-state index in [2.05, 4.69) is 38.1 Å². The van der Waals surface area contributed by atoms with Crippen LogP contribution in [0.25, 0.3) is 0 Å². The summed E-state index contributed by atoms with van der Waals surface area (Å²) in [4.78, 5) is 0. The van der Waals surface area contributed by atoms with Crippen LogP contribution in [0.15, 0.2) is 24.3 Å². The molecule has 2 N–H and O–H groups in total. The minimum Gasteiger partial charge on any atom is -0.377 e. The first-order chi connectivity index (χ1) is 7.64. The van der Waals surface area contributed by atoms with Crippen molar-refractivity contribution in [3.8, 4) is 0 Å². The van der Waals surface area contributed by atoms with Crippen molar-refractivity contribution in [2.75, 3.05) is 6.61 Å². The van der Waals surface area contributed by atoms with Crippen LogP contribution in [-0.4, -0.2) is 18.2 Å². The maximum absolute atomic E-state index is 6.38. The fourth-order valence-electron chi connectivity index (χ4n) is 2.30. The Morgan fingerprint density at radius 2 is 1.94 bits per heavy atom. The minimum atomic E-state index is -0.173. The molecule has 2 heteroatoms. The van der Waals surface area contributed by atoms with Gasteiger partial charge in [0.15, 0.2) is 0 Å². The zero-order chi connectivity index (χ0) is 11.6. The Labute approximate surface area is 97.8 Å². The van der Waals surface area contributed by atoms with Crippen LogP contribution < -0.4 is 5.73 Å². The van der Waals surface area contributed by atoms with Crippen molar-refractivity contribution in [3.63, 3.8) is 0 Å². The van der Waals surface area contributed by atoms with Gasteiger partial charge in [0.2, 0.25) is 0 Å². The molecule has 1 aliphatic heterocycles. The third-order valence-corrected chi connectivity index (χ3v) is 3.71. The highest BCUT2D eigenvalue weighted by Gasteiger charge is 2.37. The Balaban J connectivity index is 2.08. The van der Waals surface area contributed by atoms with Gasteiger partial charge in [-0.25, -0.2) is 0 Å². The number of aryl methyl sites for hydroxylation is 1. The number of nitrogens with two attached hydrogens (primary N) is 1. The van der Waals surface area contributed by atoms with E-state index in [1.165, 1.54) is 11.1 Å². The Morgan fingerprint density at radius 3 is 2.44 bits per heavy atom. The topological polar surface area (TPSA) is 35.2 Å². The van der Waals surface area contributed by atoms with Crippen LogP contribution in [0, 0.1) is 0 Å². The van der Waals surface area contributed by atoms with E-state index in [1.807, 2.05) is 0 Å². The van der Waals surface area contributed by atoms with Gasteiger partial charge >= 0.3 is 0 Å². The Hall–Kier alpha value is -0.860. The van der Waals surface area contributed by atoms with Crippen LogP contribution in [0.4, 0.5) is 0 Å². The maximum atomic E-state index is 6.38. The Kier molecular flexibility index (Phi) is 3.31. The molecule has 1 saturated heterocycles. The monoisotopic (exact) mass is 219 g/mol. The van der Waals surface area contributed by atoms with Gasteiger partial charge in [-0.05, 0) is 37.3 Å². The summed E-state index contributed by atoms with van der Waals surface area (Å²) in [7, 11) is 0. The minimum absolute atomic E-state index is 0.165. The van der Waals surface area contributed by atoms with Gasteiger partial charge in [0.25, 0.3) is 0 Å². The molecule has 0 amide bonds. The van der Waals surface area contributed by atoms with Gasteiger partial charge in [0.1, 0.15) is 0 Å². The molecule has 0 spiro atoms. The normalized spacial score (nSPS) is 29.6. The third kappa shape index (κ3) is 2.28. The van der Waals surface area contributed by atoms with Gasteiger partial charge in [-0.3, -0.25) is 0 Å². The lowest BCUT2D eigenvalue weighted by molar-refractivity contribution is 0.0955. The van der Waals surface area contributed by atoms with E-state index in [9.17, 15) is 0 Å². The van der Waals surface area contributed by atoms with Gasteiger partial charge in [-0.1, -0.05) is 31.2 Å². The first-order valence-electron chi connectivity index (χ1n) is 6.12. The lowest BCUT2D eigenvalue weighted by Gasteiger charge is -2.27. The second-order valence-electron chi connectivity index (χ2n) is 4.84. The zero-order valence-corrected chi connectivity index (χ0v) is 10.2. The molecule has 0 bridgehead atoms. The van der Waals surface area contributed by atoms with Crippen LogP contribution in [0.2, 0.25) is 0 Å². The lowest BCUT2D eigenvalue weighted by Crippen LogP contribution is -2.47. The summed E-state index contributed by atoms with van der Waals surface area (Å²) in [6, 6.07) is 8.77. The van der Waals surface area contributed by atoms with Crippen LogP contribution >= 0.6 is 0 Å². The average molecular weight is 219 g/mol. The molecule has 0 radical (unpaired) electrons. The fraction of sp³-hybridized carbons (Fsp3) is 0.571. The number of hydrogen-bond acceptors (Lipinski definition) is 2. The average Bonchev–Trinajstić information content (AvgIpc) is 2.60. The van der Waals surface area contributed by atoms with Gasteiger partial charge < -0.3 is 10.5 Å². The molecule has 1 aromatic rings. The van der Waals surface area contributed by atoms with Crippen molar-refractivity contribution in [1.82, 2.24) is 0 Å². The van der Waals surface area contributed by atoms with E-state index in [0.717, 1.165) is 25.9 Å². The van der Waals surface area contributed by atoms with Crippen LogP contribution in [-0.2, 0) is 17.6 Å².